The summed E-state index contributed by atoms with van der Waals surface area (Å²) in [7, 11) is -3.63. The summed E-state index contributed by atoms with van der Waals surface area (Å²) in [6.45, 7) is 3.12. The van der Waals surface area contributed by atoms with E-state index in [-0.39, 0.29) is 21.7 Å². The second kappa shape index (κ2) is 6.42. The van der Waals surface area contributed by atoms with Gasteiger partial charge in [-0.3, -0.25) is 0 Å². The molecule has 1 saturated heterocycles. The highest BCUT2D eigenvalue weighted by Gasteiger charge is 2.31. The van der Waals surface area contributed by atoms with Crippen molar-refractivity contribution >= 4 is 45.0 Å². The fourth-order valence-corrected chi connectivity index (χ4v) is 5.77. The molecule has 4 nitrogen and oxygen atoms in total. The monoisotopic (exact) mass is 354 g/mol. The standard InChI is InChI=1S/C12H16Cl2N2O2S2/c1-8-7-16(2-3-19-8)20(17,18)11-5-10(13)4-9(6-15)12(11)14/h4-5,8H,2-3,6-7,15H2,1H3. The highest BCUT2D eigenvalue weighted by molar-refractivity contribution is 8.00. The van der Waals surface area contributed by atoms with Crippen molar-refractivity contribution in [2.24, 2.45) is 5.73 Å². The molecule has 0 spiro atoms. The molecule has 8 heteroatoms. The van der Waals surface area contributed by atoms with Crippen LogP contribution in [-0.4, -0.2) is 36.8 Å². The van der Waals surface area contributed by atoms with Gasteiger partial charge in [-0.25, -0.2) is 8.42 Å². The predicted molar refractivity (Wildman–Crippen MR) is 85.0 cm³/mol. The van der Waals surface area contributed by atoms with Crippen molar-refractivity contribution in [1.82, 2.24) is 4.31 Å². The van der Waals surface area contributed by atoms with Gasteiger partial charge in [0.15, 0.2) is 0 Å². The van der Waals surface area contributed by atoms with E-state index in [1.165, 1.54) is 10.4 Å². The average Bonchev–Trinajstić information content (AvgIpc) is 2.40. The summed E-state index contributed by atoms with van der Waals surface area (Å²) in [4.78, 5) is 0.0474. The van der Waals surface area contributed by atoms with Gasteiger partial charge in [0.05, 0.1) is 5.02 Å². The molecule has 1 aliphatic heterocycles. The molecule has 2 N–H and O–H groups in total. The van der Waals surface area contributed by atoms with Crippen molar-refractivity contribution < 1.29 is 8.42 Å². The lowest BCUT2D eigenvalue weighted by atomic mass is 10.2. The number of nitrogens with zero attached hydrogens (tertiary/aromatic N) is 1. The Labute approximate surface area is 133 Å². The minimum Gasteiger partial charge on any atom is -0.326 e. The third kappa shape index (κ3) is 3.26. The molecule has 0 bridgehead atoms. The Hall–Kier alpha value is 0.0200. The highest BCUT2D eigenvalue weighted by atomic mass is 35.5. The zero-order valence-corrected chi connectivity index (χ0v) is 14.1. The molecule has 1 aromatic carbocycles. The topological polar surface area (TPSA) is 63.4 Å². The SMILES string of the molecule is CC1CN(S(=O)(=O)c2cc(Cl)cc(CN)c2Cl)CCS1. The Kier molecular flexibility index (Phi) is 5.26. The molecular weight excluding hydrogens is 339 g/mol. The molecule has 0 aromatic heterocycles. The Morgan fingerprint density at radius 3 is 2.75 bits per heavy atom. The van der Waals surface area contributed by atoms with Crippen LogP contribution in [0, 0.1) is 0 Å². The summed E-state index contributed by atoms with van der Waals surface area (Å²) < 4.78 is 26.9. The van der Waals surface area contributed by atoms with Gasteiger partial charge in [0, 0.05) is 35.7 Å². The van der Waals surface area contributed by atoms with Crippen molar-refractivity contribution in [2.75, 3.05) is 18.8 Å². The summed E-state index contributed by atoms with van der Waals surface area (Å²) in [5, 5.41) is 0.765. The van der Waals surface area contributed by atoms with E-state index in [0.717, 1.165) is 5.75 Å². The molecule has 0 aliphatic carbocycles. The first kappa shape index (κ1) is 16.4. The number of rotatable bonds is 3. The number of thioether (sulfide) groups is 1. The molecule has 20 heavy (non-hydrogen) atoms. The normalized spacial score (nSPS) is 21.1. The van der Waals surface area contributed by atoms with E-state index in [1.54, 1.807) is 17.8 Å². The van der Waals surface area contributed by atoms with Crippen LogP contribution >= 0.6 is 35.0 Å². The highest BCUT2D eigenvalue weighted by Crippen LogP contribution is 2.33. The Morgan fingerprint density at radius 2 is 2.15 bits per heavy atom. The fourth-order valence-electron chi connectivity index (χ4n) is 2.10. The summed E-state index contributed by atoms with van der Waals surface area (Å²) in [6, 6.07) is 2.99. The fraction of sp³-hybridized carbons (Fsp3) is 0.500. The van der Waals surface area contributed by atoms with Gasteiger partial charge in [-0.15, -0.1) is 0 Å². The lowest BCUT2D eigenvalue weighted by molar-refractivity contribution is 0.424. The van der Waals surface area contributed by atoms with Gasteiger partial charge in [0.1, 0.15) is 4.90 Å². The number of benzene rings is 1. The third-order valence-corrected chi connectivity index (χ3v) is 6.92. The molecule has 1 aromatic rings. The van der Waals surface area contributed by atoms with Gasteiger partial charge in [-0.2, -0.15) is 16.1 Å². The summed E-state index contributed by atoms with van der Waals surface area (Å²) in [5.74, 6) is 0.780. The molecule has 112 valence electrons. The van der Waals surface area contributed by atoms with Crippen LogP contribution in [0.2, 0.25) is 10.0 Å². The predicted octanol–water partition coefficient (Wildman–Crippen LogP) is 2.58. The van der Waals surface area contributed by atoms with Crippen molar-refractivity contribution in [3.8, 4) is 0 Å². The Bertz CT molecular complexity index is 608. The molecule has 2 rings (SSSR count). The molecule has 1 atom stereocenters. The summed E-state index contributed by atoms with van der Waals surface area (Å²) >= 11 is 13.9. The van der Waals surface area contributed by atoms with Crippen LogP contribution in [0.25, 0.3) is 0 Å². The average molecular weight is 355 g/mol. The molecule has 1 aliphatic rings. The smallest absolute Gasteiger partial charge is 0.244 e. The van der Waals surface area contributed by atoms with Gasteiger partial charge in [0.25, 0.3) is 0 Å². The van der Waals surface area contributed by atoms with Crippen molar-refractivity contribution in [3.05, 3.63) is 27.7 Å². The van der Waals surface area contributed by atoms with E-state index >= 15 is 0 Å². The number of nitrogens with two attached hydrogens (primary N) is 1. The number of hydrogen-bond donors (Lipinski definition) is 1. The van der Waals surface area contributed by atoms with E-state index in [4.69, 9.17) is 28.9 Å². The van der Waals surface area contributed by atoms with Crippen molar-refractivity contribution in [1.29, 1.82) is 0 Å². The first-order chi connectivity index (χ1) is 9.36. The second-order valence-corrected chi connectivity index (χ2v) is 8.89. The van der Waals surface area contributed by atoms with Crippen LogP contribution in [0.1, 0.15) is 12.5 Å². The number of sulfonamides is 1. The molecule has 1 unspecified atom stereocenters. The maximum Gasteiger partial charge on any atom is 0.244 e. The minimum atomic E-state index is -3.63. The van der Waals surface area contributed by atoms with Gasteiger partial charge >= 0.3 is 0 Å². The summed E-state index contributed by atoms with van der Waals surface area (Å²) in [5.41, 5.74) is 6.12. The molecule has 0 radical (unpaired) electrons. The number of halogens is 2. The van der Waals surface area contributed by atoms with E-state index in [0.29, 0.717) is 23.7 Å². The van der Waals surface area contributed by atoms with Crippen LogP contribution in [0.15, 0.2) is 17.0 Å². The molecule has 0 saturated carbocycles. The van der Waals surface area contributed by atoms with Crippen LogP contribution in [0.5, 0.6) is 0 Å². The van der Waals surface area contributed by atoms with E-state index < -0.39 is 10.0 Å². The van der Waals surface area contributed by atoms with Crippen molar-refractivity contribution in [2.45, 2.75) is 23.6 Å². The zero-order chi connectivity index (χ0) is 14.9. The maximum atomic E-state index is 12.7. The van der Waals surface area contributed by atoms with Crippen LogP contribution < -0.4 is 5.73 Å². The third-order valence-electron chi connectivity index (χ3n) is 3.12. The van der Waals surface area contributed by atoms with Gasteiger partial charge in [-0.1, -0.05) is 30.1 Å². The lowest BCUT2D eigenvalue weighted by Gasteiger charge is -2.30. The van der Waals surface area contributed by atoms with Gasteiger partial charge in [-0.05, 0) is 17.7 Å². The van der Waals surface area contributed by atoms with Crippen LogP contribution in [-0.2, 0) is 16.6 Å². The van der Waals surface area contributed by atoms with Crippen LogP contribution in [0.3, 0.4) is 0 Å². The van der Waals surface area contributed by atoms with Crippen molar-refractivity contribution in [3.63, 3.8) is 0 Å². The molecule has 1 heterocycles. The molecular formula is C12H16Cl2N2O2S2. The minimum absolute atomic E-state index is 0.0474. The lowest BCUT2D eigenvalue weighted by Crippen LogP contribution is -2.41. The first-order valence-corrected chi connectivity index (χ1v) is 9.40. The zero-order valence-electron chi connectivity index (χ0n) is 11.0. The maximum absolute atomic E-state index is 12.7. The van der Waals surface area contributed by atoms with Crippen LogP contribution in [0.4, 0.5) is 0 Å². The van der Waals surface area contributed by atoms with Gasteiger partial charge < -0.3 is 5.73 Å². The molecule has 1 fully saturated rings. The van der Waals surface area contributed by atoms with E-state index in [2.05, 4.69) is 0 Å². The van der Waals surface area contributed by atoms with E-state index in [9.17, 15) is 8.42 Å². The molecule has 0 amide bonds. The largest absolute Gasteiger partial charge is 0.326 e. The summed E-state index contributed by atoms with van der Waals surface area (Å²) in [6.07, 6.45) is 0. The number of hydrogen-bond acceptors (Lipinski definition) is 4. The van der Waals surface area contributed by atoms with E-state index in [1.807, 2.05) is 6.92 Å². The second-order valence-electron chi connectivity index (χ2n) is 4.63. The first-order valence-electron chi connectivity index (χ1n) is 6.16. The Morgan fingerprint density at radius 1 is 1.45 bits per heavy atom. The quantitative estimate of drug-likeness (QED) is 0.905. The van der Waals surface area contributed by atoms with Gasteiger partial charge in [0.2, 0.25) is 10.0 Å². The Balaban J connectivity index is 2.46.